The molecule has 0 spiro atoms. The molecule has 3 amide bonds. The third kappa shape index (κ3) is 3.63. The Morgan fingerprint density at radius 3 is 2.57 bits per heavy atom. The number of benzene rings is 1. The highest BCUT2D eigenvalue weighted by Crippen LogP contribution is 2.31. The zero-order valence-electron chi connectivity index (χ0n) is 16.2. The van der Waals surface area contributed by atoms with Crippen molar-refractivity contribution in [3.05, 3.63) is 29.8 Å². The molecule has 1 atom stereocenters. The van der Waals surface area contributed by atoms with Crippen LogP contribution in [0.4, 0.5) is 5.69 Å². The molecule has 4 rings (SSSR count). The van der Waals surface area contributed by atoms with E-state index < -0.39 is 6.04 Å². The van der Waals surface area contributed by atoms with Gasteiger partial charge in [-0.05, 0) is 43.7 Å². The van der Waals surface area contributed by atoms with Gasteiger partial charge < -0.3 is 20.4 Å². The van der Waals surface area contributed by atoms with E-state index in [2.05, 4.69) is 6.07 Å². The van der Waals surface area contributed by atoms with Gasteiger partial charge in [0.2, 0.25) is 17.7 Å². The molecule has 2 N–H and O–H groups in total. The molecule has 7 heteroatoms. The van der Waals surface area contributed by atoms with Gasteiger partial charge in [0, 0.05) is 37.8 Å². The smallest absolute Gasteiger partial charge is 0.242 e. The number of piperidine rings is 2. The Morgan fingerprint density at radius 2 is 1.79 bits per heavy atom. The van der Waals surface area contributed by atoms with E-state index in [0.717, 1.165) is 25.1 Å². The molecule has 7 nitrogen and oxygen atoms in total. The maximum atomic E-state index is 13.0. The summed E-state index contributed by atoms with van der Waals surface area (Å²) in [5.41, 5.74) is 8.07. The largest absolute Gasteiger partial charge is 0.341 e. The number of hydrogen-bond acceptors (Lipinski definition) is 4. The molecule has 150 valence electrons. The maximum absolute atomic E-state index is 13.0. The number of carbonyl (C=O) groups is 3. The standard InChI is InChI=1S/C21H28N4O3/c22-17-5-3-10-24(21(17)28)14-19(26)23-11-7-16(8-12-23)20(27)25-13-9-15-4-1-2-6-18(15)25/h1-2,4,6,16-17H,3,5,7-14,22H2. The predicted molar refractivity (Wildman–Crippen MR) is 106 cm³/mol. The van der Waals surface area contributed by atoms with Gasteiger partial charge >= 0.3 is 0 Å². The summed E-state index contributed by atoms with van der Waals surface area (Å²) in [7, 11) is 0. The molecule has 0 radical (unpaired) electrons. The van der Waals surface area contributed by atoms with Crippen molar-refractivity contribution in [1.29, 1.82) is 0 Å². The summed E-state index contributed by atoms with van der Waals surface area (Å²) in [6.07, 6.45) is 3.80. The number of hydrogen-bond donors (Lipinski definition) is 1. The van der Waals surface area contributed by atoms with E-state index >= 15 is 0 Å². The first-order chi connectivity index (χ1) is 13.5. The maximum Gasteiger partial charge on any atom is 0.242 e. The lowest BCUT2D eigenvalue weighted by atomic mass is 9.95. The topological polar surface area (TPSA) is 86.9 Å². The molecule has 1 unspecified atom stereocenters. The Kier molecular flexibility index (Phi) is 5.35. The molecule has 2 fully saturated rings. The number of para-hydroxylation sites is 1. The minimum absolute atomic E-state index is 0.0414. The van der Waals surface area contributed by atoms with E-state index in [9.17, 15) is 14.4 Å². The second-order valence-electron chi connectivity index (χ2n) is 8.03. The molecule has 1 aromatic rings. The van der Waals surface area contributed by atoms with Crippen molar-refractivity contribution in [1.82, 2.24) is 9.80 Å². The minimum atomic E-state index is -0.478. The third-order valence-electron chi connectivity index (χ3n) is 6.25. The number of fused-ring (bicyclic) bond motifs is 1. The number of rotatable bonds is 3. The molecule has 0 saturated carbocycles. The molecule has 0 aliphatic carbocycles. The Morgan fingerprint density at radius 1 is 1.04 bits per heavy atom. The SMILES string of the molecule is NC1CCCN(CC(=O)N2CCC(C(=O)N3CCc4ccccc43)CC2)C1=O. The summed E-state index contributed by atoms with van der Waals surface area (Å²) in [4.78, 5) is 43.0. The van der Waals surface area contributed by atoms with E-state index in [4.69, 9.17) is 5.73 Å². The van der Waals surface area contributed by atoms with E-state index in [1.54, 1.807) is 9.80 Å². The summed E-state index contributed by atoms with van der Waals surface area (Å²) < 4.78 is 0. The van der Waals surface area contributed by atoms with Crippen LogP contribution in [0.15, 0.2) is 24.3 Å². The van der Waals surface area contributed by atoms with Crippen molar-refractivity contribution in [2.24, 2.45) is 11.7 Å². The van der Waals surface area contributed by atoms with Crippen molar-refractivity contribution in [3.8, 4) is 0 Å². The summed E-state index contributed by atoms with van der Waals surface area (Å²) in [6.45, 7) is 2.58. The first-order valence-electron chi connectivity index (χ1n) is 10.3. The monoisotopic (exact) mass is 384 g/mol. The van der Waals surface area contributed by atoms with Gasteiger partial charge in [-0.2, -0.15) is 0 Å². The summed E-state index contributed by atoms with van der Waals surface area (Å²) in [6, 6.07) is 7.60. The van der Waals surface area contributed by atoms with Crippen molar-refractivity contribution < 1.29 is 14.4 Å². The number of anilines is 1. The van der Waals surface area contributed by atoms with Gasteiger partial charge in [0.15, 0.2) is 0 Å². The van der Waals surface area contributed by atoms with E-state index in [1.807, 2.05) is 23.1 Å². The second-order valence-corrected chi connectivity index (χ2v) is 8.03. The van der Waals surface area contributed by atoms with Crippen molar-refractivity contribution in [2.75, 3.05) is 37.6 Å². The van der Waals surface area contributed by atoms with E-state index in [1.165, 1.54) is 5.56 Å². The molecule has 2 saturated heterocycles. The second kappa shape index (κ2) is 7.91. The lowest BCUT2D eigenvalue weighted by Crippen LogP contribution is -2.53. The minimum Gasteiger partial charge on any atom is -0.341 e. The first-order valence-corrected chi connectivity index (χ1v) is 10.3. The fourth-order valence-corrected chi connectivity index (χ4v) is 4.55. The quantitative estimate of drug-likeness (QED) is 0.834. The highest BCUT2D eigenvalue weighted by atomic mass is 16.2. The Hall–Kier alpha value is -2.41. The van der Waals surface area contributed by atoms with E-state index in [-0.39, 0.29) is 30.2 Å². The average Bonchev–Trinajstić information content (AvgIpc) is 3.15. The third-order valence-corrected chi connectivity index (χ3v) is 6.25. The molecular formula is C21H28N4O3. The number of likely N-dealkylation sites (tertiary alicyclic amines) is 2. The predicted octanol–water partition coefficient (Wildman–Crippen LogP) is 0.764. The molecule has 1 aromatic carbocycles. The van der Waals surface area contributed by atoms with Crippen LogP contribution < -0.4 is 10.6 Å². The molecule has 28 heavy (non-hydrogen) atoms. The highest BCUT2D eigenvalue weighted by molar-refractivity contribution is 5.97. The lowest BCUT2D eigenvalue weighted by molar-refractivity contribution is -0.144. The molecule has 0 bridgehead atoms. The average molecular weight is 384 g/mol. The molecule has 3 heterocycles. The fraction of sp³-hybridized carbons (Fsp3) is 0.571. The number of nitrogens with zero attached hydrogens (tertiary/aromatic N) is 3. The Balaban J connectivity index is 1.30. The highest BCUT2D eigenvalue weighted by Gasteiger charge is 2.34. The lowest BCUT2D eigenvalue weighted by Gasteiger charge is -2.36. The number of nitrogens with two attached hydrogens (primary N) is 1. The van der Waals surface area contributed by atoms with Gasteiger partial charge in [-0.1, -0.05) is 18.2 Å². The van der Waals surface area contributed by atoms with Crippen LogP contribution in [-0.2, 0) is 20.8 Å². The number of amides is 3. The van der Waals surface area contributed by atoms with Gasteiger partial charge in [0.05, 0.1) is 12.6 Å². The van der Waals surface area contributed by atoms with Crippen molar-refractivity contribution >= 4 is 23.4 Å². The molecule has 0 aromatic heterocycles. The zero-order chi connectivity index (χ0) is 19.7. The van der Waals surface area contributed by atoms with Crippen LogP contribution in [0.1, 0.15) is 31.2 Å². The van der Waals surface area contributed by atoms with Crippen LogP contribution in [0.25, 0.3) is 0 Å². The van der Waals surface area contributed by atoms with Gasteiger partial charge in [0.25, 0.3) is 0 Å². The van der Waals surface area contributed by atoms with Crippen LogP contribution in [0, 0.1) is 5.92 Å². The molecular weight excluding hydrogens is 356 g/mol. The fourth-order valence-electron chi connectivity index (χ4n) is 4.55. The number of carbonyl (C=O) groups excluding carboxylic acids is 3. The van der Waals surface area contributed by atoms with Crippen LogP contribution >= 0.6 is 0 Å². The van der Waals surface area contributed by atoms with Crippen LogP contribution in [-0.4, -0.2) is 66.3 Å². The first kappa shape index (κ1) is 18.9. The van der Waals surface area contributed by atoms with Crippen LogP contribution in [0.3, 0.4) is 0 Å². The van der Waals surface area contributed by atoms with Gasteiger partial charge in [0.1, 0.15) is 0 Å². The summed E-state index contributed by atoms with van der Waals surface area (Å²) in [5.74, 6) is -0.0355. The van der Waals surface area contributed by atoms with Gasteiger partial charge in [-0.15, -0.1) is 0 Å². The van der Waals surface area contributed by atoms with Crippen molar-refractivity contribution in [3.63, 3.8) is 0 Å². The summed E-state index contributed by atoms with van der Waals surface area (Å²) >= 11 is 0. The Labute approximate surface area is 165 Å². The van der Waals surface area contributed by atoms with Gasteiger partial charge in [-0.3, -0.25) is 14.4 Å². The van der Waals surface area contributed by atoms with E-state index in [0.29, 0.717) is 38.9 Å². The summed E-state index contributed by atoms with van der Waals surface area (Å²) in [5, 5.41) is 0. The molecule has 3 aliphatic heterocycles. The van der Waals surface area contributed by atoms with Gasteiger partial charge in [-0.25, -0.2) is 0 Å². The van der Waals surface area contributed by atoms with Crippen LogP contribution in [0.2, 0.25) is 0 Å². The Bertz CT molecular complexity index is 773. The van der Waals surface area contributed by atoms with Crippen molar-refractivity contribution in [2.45, 2.75) is 38.1 Å². The molecule has 3 aliphatic rings. The zero-order valence-corrected chi connectivity index (χ0v) is 16.2. The van der Waals surface area contributed by atoms with Crippen LogP contribution in [0.5, 0.6) is 0 Å². The normalized spacial score (nSPS) is 23.1.